The van der Waals surface area contributed by atoms with Crippen LogP contribution < -0.4 is 10.1 Å². The Bertz CT molecular complexity index is 659. The molecule has 1 aromatic carbocycles. The molecule has 0 bridgehead atoms. The minimum atomic E-state index is -2.99. The van der Waals surface area contributed by atoms with Crippen LogP contribution in [0.2, 0.25) is 0 Å². The van der Waals surface area contributed by atoms with Crippen LogP contribution >= 0.6 is 0 Å². The highest BCUT2D eigenvalue weighted by Crippen LogP contribution is 2.26. The molecule has 1 aliphatic rings. The highest BCUT2D eigenvalue weighted by atomic mass is 32.2. The number of nitrogens with one attached hydrogen (secondary N) is 1. The molecule has 1 fully saturated rings. The van der Waals surface area contributed by atoms with E-state index in [1.165, 1.54) is 19.2 Å². The quantitative estimate of drug-likeness (QED) is 0.649. The lowest BCUT2D eigenvalue weighted by Crippen LogP contribution is -2.42. The predicted molar refractivity (Wildman–Crippen MR) is 78.2 cm³/mol. The predicted octanol–water partition coefficient (Wildman–Crippen LogP) is 1.27. The number of hydrogen-bond donors (Lipinski definition) is 1. The molecule has 0 spiro atoms. The van der Waals surface area contributed by atoms with Crippen LogP contribution in [0.25, 0.3) is 0 Å². The summed E-state index contributed by atoms with van der Waals surface area (Å²) in [7, 11) is -1.54. The summed E-state index contributed by atoms with van der Waals surface area (Å²) in [5, 5.41) is 14.1. The molecule has 2 rings (SSSR count). The summed E-state index contributed by atoms with van der Waals surface area (Å²) < 4.78 is 28.2. The van der Waals surface area contributed by atoms with E-state index in [9.17, 15) is 18.5 Å². The molecule has 1 aliphatic heterocycles. The number of methoxy groups -OCH3 is 1. The first-order chi connectivity index (χ1) is 9.73. The molecule has 1 atom stereocenters. The van der Waals surface area contributed by atoms with Crippen LogP contribution in [0.5, 0.6) is 5.75 Å². The fraction of sp³-hybridized carbons (Fsp3) is 0.538. The van der Waals surface area contributed by atoms with Gasteiger partial charge in [0.2, 0.25) is 0 Å². The standard InChI is InChI=1S/C13H18N2O5S/c1-13(3-4-21(18,19)9-13)14-8-10-5-11(15(16)17)7-12(6-10)20-2/h5-7,14H,3-4,8-9H2,1-2H3. The maximum absolute atomic E-state index is 11.6. The molecular formula is C13H18N2O5S. The number of hydrogen-bond acceptors (Lipinski definition) is 6. The number of nitro groups is 1. The lowest BCUT2D eigenvalue weighted by atomic mass is 10.0. The number of nitro benzene ring substituents is 1. The second kappa shape index (κ2) is 5.61. The van der Waals surface area contributed by atoms with E-state index in [1.54, 1.807) is 6.07 Å². The molecule has 1 saturated heterocycles. The summed E-state index contributed by atoms with van der Waals surface area (Å²) in [6, 6.07) is 4.51. The van der Waals surface area contributed by atoms with Crippen molar-refractivity contribution in [1.82, 2.24) is 5.32 Å². The van der Waals surface area contributed by atoms with E-state index in [2.05, 4.69) is 5.32 Å². The van der Waals surface area contributed by atoms with Gasteiger partial charge in [-0.3, -0.25) is 10.1 Å². The second-order valence-corrected chi connectivity index (χ2v) is 7.74. The number of nitrogens with zero attached hydrogens (tertiary/aromatic N) is 1. The average molecular weight is 314 g/mol. The van der Waals surface area contributed by atoms with Gasteiger partial charge >= 0.3 is 0 Å². The Labute approximate surface area is 123 Å². The topological polar surface area (TPSA) is 98.5 Å². The fourth-order valence-corrected chi connectivity index (χ4v) is 4.56. The maximum Gasteiger partial charge on any atom is 0.273 e. The Balaban J connectivity index is 2.13. The lowest BCUT2D eigenvalue weighted by molar-refractivity contribution is -0.385. The third-order valence-electron chi connectivity index (χ3n) is 3.62. The van der Waals surface area contributed by atoms with Crippen LogP contribution in [0, 0.1) is 10.1 Å². The van der Waals surface area contributed by atoms with E-state index in [-0.39, 0.29) is 17.2 Å². The first-order valence-electron chi connectivity index (χ1n) is 6.51. The minimum Gasteiger partial charge on any atom is -0.496 e. The molecule has 1 N–H and O–H groups in total. The van der Waals surface area contributed by atoms with Gasteiger partial charge in [-0.2, -0.15) is 0 Å². The largest absolute Gasteiger partial charge is 0.496 e. The molecule has 0 amide bonds. The van der Waals surface area contributed by atoms with Gasteiger partial charge in [-0.1, -0.05) is 0 Å². The molecule has 7 nitrogen and oxygen atoms in total. The van der Waals surface area contributed by atoms with E-state index < -0.39 is 20.3 Å². The number of rotatable bonds is 5. The van der Waals surface area contributed by atoms with Crippen LogP contribution in [0.1, 0.15) is 18.9 Å². The maximum atomic E-state index is 11.6. The zero-order chi connectivity index (χ0) is 15.7. The lowest BCUT2D eigenvalue weighted by Gasteiger charge is -2.24. The third kappa shape index (κ3) is 3.92. The van der Waals surface area contributed by atoms with Gasteiger partial charge in [-0.25, -0.2) is 8.42 Å². The monoisotopic (exact) mass is 314 g/mol. The van der Waals surface area contributed by atoms with Gasteiger partial charge in [-0.05, 0) is 25.0 Å². The van der Waals surface area contributed by atoms with Gasteiger partial charge in [0, 0.05) is 18.2 Å². The number of ether oxygens (including phenoxy) is 1. The fourth-order valence-electron chi connectivity index (χ4n) is 2.43. The van der Waals surface area contributed by atoms with Crippen molar-refractivity contribution in [3.8, 4) is 5.75 Å². The van der Waals surface area contributed by atoms with Crippen molar-refractivity contribution in [2.24, 2.45) is 0 Å². The van der Waals surface area contributed by atoms with Crippen LogP contribution in [0.3, 0.4) is 0 Å². The van der Waals surface area contributed by atoms with Crippen molar-refractivity contribution < 1.29 is 18.1 Å². The van der Waals surface area contributed by atoms with Crippen LogP contribution in [0.15, 0.2) is 18.2 Å². The third-order valence-corrected chi connectivity index (χ3v) is 5.52. The molecular weight excluding hydrogens is 296 g/mol. The first kappa shape index (κ1) is 15.7. The van der Waals surface area contributed by atoms with E-state index >= 15 is 0 Å². The first-order valence-corrected chi connectivity index (χ1v) is 8.33. The zero-order valence-corrected chi connectivity index (χ0v) is 12.8. The van der Waals surface area contributed by atoms with Crippen molar-refractivity contribution in [1.29, 1.82) is 0 Å². The van der Waals surface area contributed by atoms with Gasteiger partial charge in [0.1, 0.15) is 5.75 Å². The summed E-state index contributed by atoms with van der Waals surface area (Å²) in [6.07, 6.45) is 0.543. The molecule has 0 radical (unpaired) electrons. The number of sulfone groups is 1. The number of benzene rings is 1. The molecule has 1 heterocycles. The van der Waals surface area contributed by atoms with Gasteiger partial charge in [0.25, 0.3) is 5.69 Å². The molecule has 0 saturated carbocycles. The van der Waals surface area contributed by atoms with Crippen LogP contribution in [-0.4, -0.2) is 37.5 Å². The van der Waals surface area contributed by atoms with E-state index in [1.807, 2.05) is 6.92 Å². The van der Waals surface area contributed by atoms with Gasteiger partial charge in [0.05, 0.1) is 29.6 Å². The zero-order valence-electron chi connectivity index (χ0n) is 12.0. The molecule has 1 unspecified atom stereocenters. The Kier molecular flexibility index (Phi) is 4.20. The van der Waals surface area contributed by atoms with Crippen LogP contribution in [0.4, 0.5) is 5.69 Å². The highest BCUT2D eigenvalue weighted by molar-refractivity contribution is 7.91. The SMILES string of the molecule is COc1cc(CNC2(C)CCS(=O)(=O)C2)cc([N+](=O)[O-])c1. The normalized spacial score (nSPS) is 23.9. The molecule has 8 heteroatoms. The molecule has 21 heavy (non-hydrogen) atoms. The van der Waals surface area contributed by atoms with Gasteiger partial charge in [-0.15, -0.1) is 0 Å². The smallest absolute Gasteiger partial charge is 0.273 e. The van der Waals surface area contributed by atoms with Crippen molar-refractivity contribution in [3.63, 3.8) is 0 Å². The van der Waals surface area contributed by atoms with E-state index in [0.717, 1.165) is 0 Å². The Morgan fingerprint density at radius 2 is 2.14 bits per heavy atom. The Morgan fingerprint density at radius 3 is 2.67 bits per heavy atom. The average Bonchev–Trinajstić information content (AvgIpc) is 2.70. The summed E-state index contributed by atoms with van der Waals surface area (Å²) in [6.45, 7) is 2.20. The van der Waals surface area contributed by atoms with Crippen molar-refractivity contribution >= 4 is 15.5 Å². The van der Waals surface area contributed by atoms with Crippen molar-refractivity contribution in [3.05, 3.63) is 33.9 Å². The van der Waals surface area contributed by atoms with Crippen molar-refractivity contribution in [2.45, 2.75) is 25.4 Å². The Hall–Kier alpha value is -1.67. The molecule has 0 aromatic heterocycles. The number of non-ortho nitro benzene ring substituents is 1. The molecule has 0 aliphatic carbocycles. The summed E-state index contributed by atoms with van der Waals surface area (Å²) in [4.78, 5) is 10.4. The van der Waals surface area contributed by atoms with Gasteiger partial charge < -0.3 is 10.1 Å². The summed E-state index contributed by atoms with van der Waals surface area (Å²) in [5.74, 6) is 0.672. The van der Waals surface area contributed by atoms with Gasteiger partial charge in [0.15, 0.2) is 9.84 Å². The highest BCUT2D eigenvalue weighted by Gasteiger charge is 2.37. The minimum absolute atomic E-state index is 0.0460. The van der Waals surface area contributed by atoms with E-state index in [0.29, 0.717) is 24.3 Å². The second-order valence-electron chi connectivity index (χ2n) is 5.55. The van der Waals surface area contributed by atoms with Crippen LogP contribution in [-0.2, 0) is 16.4 Å². The van der Waals surface area contributed by atoms with E-state index in [4.69, 9.17) is 4.74 Å². The molecule has 116 valence electrons. The Morgan fingerprint density at radius 1 is 1.43 bits per heavy atom. The van der Waals surface area contributed by atoms with Crippen molar-refractivity contribution in [2.75, 3.05) is 18.6 Å². The molecule has 1 aromatic rings. The summed E-state index contributed by atoms with van der Waals surface area (Å²) in [5.41, 5.74) is 0.151. The summed E-state index contributed by atoms with van der Waals surface area (Å²) >= 11 is 0.